The Kier molecular flexibility index (Phi) is 4.73. The van der Waals surface area contributed by atoms with Crippen LogP contribution in [0.4, 0.5) is 0 Å². The molecule has 4 aliphatic heterocycles. The van der Waals surface area contributed by atoms with Crippen molar-refractivity contribution in [3.63, 3.8) is 0 Å². The number of rotatable bonds is 4. The molecule has 5 nitrogen and oxygen atoms in total. The molecule has 6 rings (SSSR count). The van der Waals surface area contributed by atoms with Crippen molar-refractivity contribution >= 4 is 35.1 Å². The van der Waals surface area contributed by atoms with Crippen LogP contribution in [-0.2, 0) is 0 Å². The number of hydrogen-bond acceptors (Lipinski definition) is 2. The van der Waals surface area contributed by atoms with Crippen LogP contribution < -0.4 is 14.7 Å². The lowest BCUT2D eigenvalue weighted by atomic mass is 9.74. The van der Waals surface area contributed by atoms with Crippen molar-refractivity contribution in [3.8, 4) is 0 Å². The standard InChI is InChI=1S/C21H21Cl2N5/c22-18-8-4-7-17(19(18)23)9-24-25-20(16-5-2-1-3-6-16)21-10-26-13-27(11-21)15-28(12-21)14-26/h1-9H,10-15H2/p+3/b24-9-,25-20-. The van der Waals surface area contributed by atoms with Gasteiger partial charge in [0.2, 0.25) is 20.0 Å². The molecule has 4 aliphatic rings. The van der Waals surface area contributed by atoms with Gasteiger partial charge in [0.1, 0.15) is 19.6 Å². The van der Waals surface area contributed by atoms with Crippen molar-refractivity contribution in [2.45, 2.75) is 0 Å². The fourth-order valence-electron chi connectivity index (χ4n) is 5.33. The molecule has 4 fully saturated rings. The van der Waals surface area contributed by atoms with Crippen LogP contribution in [0.15, 0.2) is 58.7 Å². The van der Waals surface area contributed by atoms with E-state index in [9.17, 15) is 0 Å². The third kappa shape index (κ3) is 3.27. The highest BCUT2D eigenvalue weighted by Gasteiger charge is 2.60. The number of quaternary nitrogens is 3. The molecule has 0 aromatic heterocycles. The Hall–Kier alpha value is -1.76. The monoisotopic (exact) mass is 416 g/mol. The van der Waals surface area contributed by atoms with E-state index in [0.717, 1.165) is 30.9 Å². The largest absolute Gasteiger partial charge is 0.241 e. The fraction of sp³-hybridized carbons (Fsp3) is 0.333. The van der Waals surface area contributed by atoms with Crippen LogP contribution in [0.5, 0.6) is 0 Å². The van der Waals surface area contributed by atoms with E-state index in [1.165, 1.54) is 25.6 Å². The van der Waals surface area contributed by atoms with Crippen molar-refractivity contribution in [1.82, 2.24) is 0 Å². The summed E-state index contributed by atoms with van der Waals surface area (Å²) in [6, 6.07) is 16.1. The number of halogens is 2. The third-order valence-corrected chi connectivity index (χ3v) is 6.98. The van der Waals surface area contributed by atoms with E-state index in [0.29, 0.717) is 10.0 Å². The molecule has 4 saturated heterocycles. The molecule has 2 aromatic carbocycles. The molecule has 0 unspecified atom stereocenters. The molecule has 7 heteroatoms. The lowest BCUT2D eigenvalue weighted by Crippen LogP contribution is -3.56. The van der Waals surface area contributed by atoms with E-state index in [2.05, 4.69) is 29.4 Å². The van der Waals surface area contributed by atoms with Gasteiger partial charge < -0.3 is 0 Å². The highest BCUT2D eigenvalue weighted by Crippen LogP contribution is 2.25. The van der Waals surface area contributed by atoms with Gasteiger partial charge in [-0.15, -0.1) is 0 Å². The van der Waals surface area contributed by atoms with Crippen molar-refractivity contribution in [1.29, 1.82) is 0 Å². The lowest BCUT2D eigenvalue weighted by molar-refractivity contribution is -1.30. The van der Waals surface area contributed by atoms with Gasteiger partial charge in [-0.25, -0.2) is 14.7 Å². The molecule has 0 atom stereocenters. The van der Waals surface area contributed by atoms with Crippen molar-refractivity contribution < 1.29 is 14.7 Å². The van der Waals surface area contributed by atoms with Crippen LogP contribution in [0.3, 0.4) is 0 Å². The predicted molar refractivity (Wildman–Crippen MR) is 112 cm³/mol. The Balaban J connectivity index is 1.53. The first-order valence-corrected chi connectivity index (χ1v) is 10.5. The molecule has 4 bridgehead atoms. The van der Waals surface area contributed by atoms with Crippen LogP contribution in [0.2, 0.25) is 10.0 Å². The molecule has 28 heavy (non-hydrogen) atoms. The van der Waals surface area contributed by atoms with Gasteiger partial charge >= 0.3 is 0 Å². The minimum absolute atomic E-state index is 0.0750. The van der Waals surface area contributed by atoms with Gasteiger partial charge in [0.25, 0.3) is 0 Å². The number of hydrogen-bond donors (Lipinski definition) is 3. The minimum atomic E-state index is 0.0750. The van der Waals surface area contributed by atoms with E-state index in [1.54, 1.807) is 27.0 Å². The van der Waals surface area contributed by atoms with E-state index < -0.39 is 0 Å². The molecule has 3 N–H and O–H groups in total. The maximum atomic E-state index is 6.30. The number of nitrogens with zero attached hydrogens (tertiary/aromatic N) is 2. The Morgan fingerprint density at radius 2 is 1.50 bits per heavy atom. The first-order chi connectivity index (χ1) is 13.6. The van der Waals surface area contributed by atoms with E-state index in [1.807, 2.05) is 18.2 Å². The summed E-state index contributed by atoms with van der Waals surface area (Å²) in [4.78, 5) is 5.04. The van der Waals surface area contributed by atoms with Gasteiger partial charge in [0.15, 0.2) is 5.41 Å². The summed E-state index contributed by atoms with van der Waals surface area (Å²) in [5, 5.41) is 10.3. The normalized spacial score (nSPS) is 31.6. The molecule has 0 spiro atoms. The lowest BCUT2D eigenvalue weighted by Gasteiger charge is -2.52. The van der Waals surface area contributed by atoms with Gasteiger partial charge in [-0.3, -0.25) is 0 Å². The summed E-state index contributed by atoms with van der Waals surface area (Å²) in [5.74, 6) is 0. The van der Waals surface area contributed by atoms with Gasteiger partial charge in [-0.05, 0) is 11.6 Å². The van der Waals surface area contributed by atoms with E-state index in [4.69, 9.17) is 28.3 Å². The summed E-state index contributed by atoms with van der Waals surface area (Å²) in [5.41, 5.74) is 3.13. The molecule has 0 aliphatic carbocycles. The van der Waals surface area contributed by atoms with Crippen LogP contribution in [0.1, 0.15) is 11.1 Å². The van der Waals surface area contributed by atoms with Crippen LogP contribution in [0, 0.1) is 5.41 Å². The maximum absolute atomic E-state index is 6.30. The van der Waals surface area contributed by atoms with Crippen molar-refractivity contribution in [3.05, 3.63) is 69.7 Å². The number of benzene rings is 2. The number of nitrogens with one attached hydrogen (secondary N) is 3. The zero-order valence-electron chi connectivity index (χ0n) is 15.6. The molecule has 144 valence electrons. The maximum Gasteiger partial charge on any atom is 0.213 e. The first kappa shape index (κ1) is 18.3. The Morgan fingerprint density at radius 3 is 2.14 bits per heavy atom. The molecular weight excluding hydrogens is 393 g/mol. The topological polar surface area (TPSA) is 38.0 Å². The zero-order chi connectivity index (χ0) is 19.1. The van der Waals surface area contributed by atoms with Gasteiger partial charge in [0, 0.05) is 5.56 Å². The quantitative estimate of drug-likeness (QED) is 0.438. The molecule has 0 radical (unpaired) electrons. The zero-order valence-corrected chi connectivity index (χ0v) is 17.1. The average molecular weight is 417 g/mol. The van der Waals surface area contributed by atoms with Gasteiger partial charge in [-0.2, -0.15) is 10.2 Å². The van der Waals surface area contributed by atoms with E-state index >= 15 is 0 Å². The van der Waals surface area contributed by atoms with Crippen LogP contribution >= 0.6 is 23.2 Å². The van der Waals surface area contributed by atoms with Crippen molar-refractivity contribution in [2.75, 3.05) is 39.6 Å². The summed E-state index contributed by atoms with van der Waals surface area (Å²) < 4.78 is 0. The highest BCUT2D eigenvalue weighted by molar-refractivity contribution is 6.43. The molecular formula is C21H24Cl2N5+3. The van der Waals surface area contributed by atoms with Crippen LogP contribution in [-0.4, -0.2) is 51.6 Å². The molecule has 0 saturated carbocycles. The second-order valence-corrected chi connectivity index (χ2v) is 9.08. The SMILES string of the molecule is Clc1cccc(/C=N\N=C(\c2ccccc2)C23C[NH+]4C[NH+](C[NH+](C4)C2)C3)c1Cl. The molecule has 2 aromatic rings. The summed E-state index contributed by atoms with van der Waals surface area (Å²) in [7, 11) is 0. The van der Waals surface area contributed by atoms with Crippen molar-refractivity contribution in [2.24, 2.45) is 15.6 Å². The highest BCUT2D eigenvalue weighted by atomic mass is 35.5. The summed E-state index contributed by atoms with van der Waals surface area (Å²) in [6.07, 6.45) is 1.71. The molecule has 0 amide bonds. The second kappa shape index (κ2) is 7.25. The Bertz CT molecular complexity index is 906. The summed E-state index contributed by atoms with van der Waals surface area (Å²) >= 11 is 12.4. The molecule has 4 heterocycles. The first-order valence-electron chi connectivity index (χ1n) is 9.75. The second-order valence-electron chi connectivity index (χ2n) is 8.29. The minimum Gasteiger partial charge on any atom is -0.241 e. The fourth-order valence-corrected chi connectivity index (χ4v) is 5.69. The van der Waals surface area contributed by atoms with Gasteiger partial charge in [0.05, 0.1) is 22.0 Å². The summed E-state index contributed by atoms with van der Waals surface area (Å²) in [6.45, 7) is 7.11. The Morgan fingerprint density at radius 1 is 0.857 bits per heavy atom. The van der Waals surface area contributed by atoms with Gasteiger partial charge in [-0.1, -0.05) is 65.7 Å². The Labute approximate surface area is 174 Å². The predicted octanol–water partition coefficient (Wildman–Crippen LogP) is -0.629. The van der Waals surface area contributed by atoms with E-state index in [-0.39, 0.29) is 5.41 Å². The third-order valence-electron chi connectivity index (χ3n) is 6.15. The van der Waals surface area contributed by atoms with Crippen LogP contribution in [0.25, 0.3) is 0 Å². The smallest absolute Gasteiger partial charge is 0.213 e. The average Bonchev–Trinajstić information content (AvgIpc) is 2.68.